The summed E-state index contributed by atoms with van der Waals surface area (Å²) in [6.45, 7) is 0. The number of methoxy groups -OCH3 is 1. The van der Waals surface area contributed by atoms with E-state index in [2.05, 4.69) is 0 Å². The summed E-state index contributed by atoms with van der Waals surface area (Å²) in [4.78, 5) is 33.5. The second kappa shape index (κ2) is 7.36. The van der Waals surface area contributed by atoms with Gasteiger partial charge in [0, 0.05) is 25.0 Å². The molecule has 0 saturated heterocycles. The molecule has 124 valence electrons. The zero-order valence-corrected chi connectivity index (χ0v) is 12.9. The number of nitrogens with zero attached hydrogens (tertiary/aromatic N) is 1. The topological polar surface area (TPSA) is 107 Å². The minimum atomic E-state index is -1.12. The van der Waals surface area contributed by atoms with Crippen LogP contribution in [-0.4, -0.2) is 28.9 Å². The van der Waals surface area contributed by atoms with Crippen molar-refractivity contribution in [1.82, 2.24) is 0 Å². The second-order valence-corrected chi connectivity index (χ2v) is 5.14. The maximum atomic E-state index is 12.2. The summed E-state index contributed by atoms with van der Waals surface area (Å²) in [7, 11) is 1.46. The van der Waals surface area contributed by atoms with Crippen molar-refractivity contribution in [3.05, 3.63) is 69.3 Å². The number of hydrogen-bond acceptors (Lipinski definition) is 5. The molecule has 7 nitrogen and oxygen atoms in total. The molecule has 0 unspecified atom stereocenters. The fourth-order valence-electron chi connectivity index (χ4n) is 2.29. The Morgan fingerprint density at radius 3 is 2.33 bits per heavy atom. The molecule has 2 aromatic rings. The number of benzene rings is 2. The Balaban J connectivity index is 2.14. The molecule has 0 aromatic heterocycles. The smallest absolute Gasteiger partial charge is 0.335 e. The number of carboxylic acids is 1. The molecule has 0 aliphatic carbocycles. The molecule has 0 aliphatic rings. The fourth-order valence-corrected chi connectivity index (χ4v) is 2.29. The summed E-state index contributed by atoms with van der Waals surface area (Å²) in [6, 6.07) is 10.1. The summed E-state index contributed by atoms with van der Waals surface area (Å²) in [6.07, 6.45) is 0.00405. The highest BCUT2D eigenvalue weighted by Gasteiger charge is 2.15. The van der Waals surface area contributed by atoms with E-state index in [4.69, 9.17) is 4.74 Å². The molecule has 0 atom stereocenters. The lowest BCUT2D eigenvalue weighted by molar-refractivity contribution is -0.384. The Kier molecular flexibility index (Phi) is 5.26. The fraction of sp³-hybridized carbons (Fsp3) is 0.176. The number of nitro benzene ring substituents is 1. The molecule has 7 heteroatoms. The third-order valence-corrected chi connectivity index (χ3v) is 3.48. The molecule has 2 aromatic carbocycles. The molecule has 0 radical (unpaired) electrons. The Morgan fingerprint density at radius 1 is 1.12 bits per heavy atom. The van der Waals surface area contributed by atoms with Gasteiger partial charge in [0.05, 0.1) is 17.6 Å². The van der Waals surface area contributed by atoms with Crippen LogP contribution in [0.15, 0.2) is 42.5 Å². The van der Waals surface area contributed by atoms with Crippen LogP contribution < -0.4 is 4.74 Å². The number of hydrogen-bond donors (Lipinski definition) is 1. The zero-order chi connectivity index (χ0) is 17.7. The van der Waals surface area contributed by atoms with Crippen LogP contribution in [0.3, 0.4) is 0 Å². The highest BCUT2D eigenvalue weighted by atomic mass is 16.6. The predicted molar refractivity (Wildman–Crippen MR) is 85.5 cm³/mol. The van der Waals surface area contributed by atoms with Crippen LogP contribution in [-0.2, 0) is 17.6 Å². The zero-order valence-electron chi connectivity index (χ0n) is 12.9. The van der Waals surface area contributed by atoms with Crippen molar-refractivity contribution in [2.75, 3.05) is 7.11 Å². The van der Waals surface area contributed by atoms with Gasteiger partial charge in [-0.1, -0.05) is 12.1 Å². The van der Waals surface area contributed by atoms with E-state index in [0.717, 1.165) is 0 Å². The van der Waals surface area contributed by atoms with Crippen LogP contribution in [0.2, 0.25) is 0 Å². The maximum Gasteiger partial charge on any atom is 0.335 e. The van der Waals surface area contributed by atoms with Gasteiger partial charge >= 0.3 is 5.97 Å². The SMILES string of the molecule is COc1ccc(C(=O)O)c(CC(=O)Cc2ccc([N+](=O)[O-])cc2)c1. The molecule has 1 N–H and O–H groups in total. The number of carbonyl (C=O) groups excluding carboxylic acids is 1. The van der Waals surface area contributed by atoms with Crippen molar-refractivity contribution in [2.24, 2.45) is 0 Å². The van der Waals surface area contributed by atoms with E-state index < -0.39 is 10.9 Å². The minimum Gasteiger partial charge on any atom is -0.497 e. The summed E-state index contributed by atoms with van der Waals surface area (Å²) in [5.41, 5.74) is 0.999. The number of aromatic carboxylic acids is 1. The standard InChI is InChI=1S/C17H15NO6/c1-24-15-6-7-16(17(20)21)12(10-15)9-14(19)8-11-2-4-13(5-3-11)18(22)23/h2-7,10H,8-9H2,1H3,(H,20,21). The molecule has 0 amide bonds. The number of rotatable bonds is 7. The van der Waals surface area contributed by atoms with E-state index in [1.807, 2.05) is 0 Å². The summed E-state index contributed by atoms with van der Waals surface area (Å²) >= 11 is 0. The van der Waals surface area contributed by atoms with Crippen LogP contribution in [0, 0.1) is 10.1 Å². The van der Waals surface area contributed by atoms with Crippen LogP contribution >= 0.6 is 0 Å². The number of non-ortho nitro benzene ring substituents is 1. The van der Waals surface area contributed by atoms with Gasteiger partial charge in [0.15, 0.2) is 0 Å². The van der Waals surface area contributed by atoms with E-state index in [1.165, 1.54) is 49.6 Å². The molecule has 0 heterocycles. The predicted octanol–water partition coefficient (Wildman–Crippen LogP) is 2.66. The highest BCUT2D eigenvalue weighted by Crippen LogP contribution is 2.20. The van der Waals surface area contributed by atoms with Crippen molar-refractivity contribution in [1.29, 1.82) is 0 Å². The van der Waals surface area contributed by atoms with E-state index in [1.54, 1.807) is 0 Å². The molecule has 0 aliphatic heterocycles. The van der Waals surface area contributed by atoms with E-state index in [-0.39, 0.29) is 29.9 Å². The monoisotopic (exact) mass is 329 g/mol. The first-order valence-electron chi connectivity index (χ1n) is 7.06. The highest BCUT2D eigenvalue weighted by molar-refractivity contribution is 5.92. The van der Waals surface area contributed by atoms with Crippen LogP contribution in [0.5, 0.6) is 5.75 Å². The first-order chi connectivity index (χ1) is 11.4. The largest absolute Gasteiger partial charge is 0.497 e. The van der Waals surface area contributed by atoms with Gasteiger partial charge in [0.25, 0.3) is 5.69 Å². The number of carboxylic acid groups (broad SMARTS) is 1. The Bertz CT molecular complexity index is 782. The molecule has 0 fully saturated rings. The molecule has 0 saturated carbocycles. The normalized spacial score (nSPS) is 10.2. The minimum absolute atomic E-state index is 0.0489. The number of Topliss-reactive ketones (excluding diaryl/α,β-unsaturated/α-hetero) is 1. The van der Waals surface area contributed by atoms with Gasteiger partial charge in [0.1, 0.15) is 11.5 Å². The third-order valence-electron chi connectivity index (χ3n) is 3.48. The van der Waals surface area contributed by atoms with E-state index in [0.29, 0.717) is 16.9 Å². The average Bonchev–Trinajstić information content (AvgIpc) is 2.54. The Labute approximate surface area is 137 Å². The number of ketones is 1. The van der Waals surface area contributed by atoms with Crippen molar-refractivity contribution >= 4 is 17.4 Å². The van der Waals surface area contributed by atoms with Crippen molar-refractivity contribution in [2.45, 2.75) is 12.8 Å². The van der Waals surface area contributed by atoms with Gasteiger partial charge in [0.2, 0.25) is 0 Å². The van der Waals surface area contributed by atoms with Gasteiger partial charge in [-0.3, -0.25) is 14.9 Å². The van der Waals surface area contributed by atoms with Gasteiger partial charge < -0.3 is 9.84 Å². The molecule has 0 spiro atoms. The first kappa shape index (κ1) is 17.1. The summed E-state index contributed by atoms with van der Waals surface area (Å²) in [5, 5.41) is 19.8. The number of ether oxygens (including phenoxy) is 1. The lowest BCUT2D eigenvalue weighted by Crippen LogP contribution is -2.11. The molecule has 24 heavy (non-hydrogen) atoms. The average molecular weight is 329 g/mol. The number of nitro groups is 1. The Morgan fingerprint density at radius 2 is 1.79 bits per heavy atom. The van der Waals surface area contributed by atoms with Crippen LogP contribution in [0.1, 0.15) is 21.5 Å². The third kappa shape index (κ3) is 4.16. The van der Waals surface area contributed by atoms with Gasteiger partial charge in [-0.2, -0.15) is 0 Å². The van der Waals surface area contributed by atoms with Gasteiger partial charge in [-0.25, -0.2) is 4.79 Å². The molecular formula is C17H15NO6. The van der Waals surface area contributed by atoms with E-state index >= 15 is 0 Å². The second-order valence-electron chi connectivity index (χ2n) is 5.14. The Hall–Kier alpha value is -3.22. The summed E-state index contributed by atoms with van der Waals surface area (Å²) < 4.78 is 5.06. The van der Waals surface area contributed by atoms with Crippen LogP contribution in [0.25, 0.3) is 0 Å². The van der Waals surface area contributed by atoms with Crippen molar-refractivity contribution in [3.8, 4) is 5.75 Å². The summed E-state index contributed by atoms with van der Waals surface area (Å²) in [5.74, 6) is -0.839. The first-order valence-corrected chi connectivity index (χ1v) is 7.06. The lowest BCUT2D eigenvalue weighted by Gasteiger charge is -2.08. The maximum absolute atomic E-state index is 12.2. The van der Waals surface area contributed by atoms with E-state index in [9.17, 15) is 24.8 Å². The quantitative estimate of drug-likeness (QED) is 0.618. The van der Waals surface area contributed by atoms with Crippen molar-refractivity contribution < 1.29 is 24.4 Å². The van der Waals surface area contributed by atoms with Gasteiger partial charge in [-0.05, 0) is 29.3 Å². The van der Waals surface area contributed by atoms with Crippen molar-refractivity contribution in [3.63, 3.8) is 0 Å². The molecular weight excluding hydrogens is 314 g/mol. The lowest BCUT2D eigenvalue weighted by atomic mass is 9.98. The number of carbonyl (C=O) groups is 2. The molecule has 2 rings (SSSR count). The molecule has 0 bridgehead atoms. The van der Waals surface area contributed by atoms with Crippen LogP contribution in [0.4, 0.5) is 5.69 Å². The van der Waals surface area contributed by atoms with Gasteiger partial charge in [-0.15, -0.1) is 0 Å².